The zero-order valence-electron chi connectivity index (χ0n) is 10.8. The van der Waals surface area contributed by atoms with Crippen molar-refractivity contribution in [2.75, 3.05) is 0 Å². The molecule has 0 aliphatic heterocycles. The highest BCUT2D eigenvalue weighted by Crippen LogP contribution is 2.22. The van der Waals surface area contributed by atoms with Crippen molar-refractivity contribution < 1.29 is 4.74 Å². The van der Waals surface area contributed by atoms with Gasteiger partial charge in [0.15, 0.2) is 0 Å². The number of aromatic nitrogens is 2. The standard InChI is InChI=1S/C12H20N2O2/c1-11(2,3)8-7-9(14-10(15)13-8)16-12(4,5)6/h7H,1-6H3,(H,13,14,15). The van der Waals surface area contributed by atoms with Gasteiger partial charge in [-0.2, -0.15) is 4.98 Å². The molecule has 0 aromatic carbocycles. The van der Waals surface area contributed by atoms with E-state index in [0.717, 1.165) is 5.69 Å². The Morgan fingerprint density at radius 2 is 1.75 bits per heavy atom. The first kappa shape index (κ1) is 12.7. The van der Waals surface area contributed by atoms with E-state index in [4.69, 9.17) is 4.74 Å². The molecule has 4 nitrogen and oxygen atoms in total. The molecule has 1 rings (SSSR count). The summed E-state index contributed by atoms with van der Waals surface area (Å²) in [6, 6.07) is 1.78. The molecule has 4 heteroatoms. The third kappa shape index (κ3) is 3.68. The predicted molar refractivity (Wildman–Crippen MR) is 63.9 cm³/mol. The highest BCUT2D eigenvalue weighted by Gasteiger charge is 2.19. The summed E-state index contributed by atoms with van der Waals surface area (Å²) in [7, 11) is 0. The van der Waals surface area contributed by atoms with E-state index in [0.29, 0.717) is 5.88 Å². The molecule has 0 atom stereocenters. The third-order valence-corrected chi connectivity index (χ3v) is 1.94. The predicted octanol–water partition coefficient (Wildman–Crippen LogP) is 2.24. The Balaban J connectivity index is 3.14. The lowest BCUT2D eigenvalue weighted by Crippen LogP contribution is -2.27. The largest absolute Gasteiger partial charge is 0.472 e. The summed E-state index contributed by atoms with van der Waals surface area (Å²) in [6.07, 6.45) is 0. The topological polar surface area (TPSA) is 55.0 Å². The van der Waals surface area contributed by atoms with Gasteiger partial charge in [0.25, 0.3) is 0 Å². The smallest absolute Gasteiger partial charge is 0.348 e. The van der Waals surface area contributed by atoms with Crippen molar-refractivity contribution in [1.29, 1.82) is 0 Å². The number of nitrogens with zero attached hydrogens (tertiary/aromatic N) is 1. The van der Waals surface area contributed by atoms with Crippen LogP contribution in [-0.2, 0) is 5.41 Å². The fraction of sp³-hybridized carbons (Fsp3) is 0.667. The quantitative estimate of drug-likeness (QED) is 0.796. The molecule has 1 heterocycles. The van der Waals surface area contributed by atoms with Crippen LogP contribution in [0.3, 0.4) is 0 Å². The number of H-pyrrole nitrogens is 1. The lowest BCUT2D eigenvalue weighted by atomic mass is 9.92. The van der Waals surface area contributed by atoms with Gasteiger partial charge in [0.05, 0.1) is 0 Å². The summed E-state index contributed by atoms with van der Waals surface area (Å²) < 4.78 is 5.59. The van der Waals surface area contributed by atoms with E-state index in [-0.39, 0.29) is 16.7 Å². The van der Waals surface area contributed by atoms with Crippen LogP contribution in [0.25, 0.3) is 0 Å². The summed E-state index contributed by atoms with van der Waals surface area (Å²) in [5, 5.41) is 0. The Morgan fingerprint density at radius 1 is 1.19 bits per heavy atom. The highest BCUT2D eigenvalue weighted by atomic mass is 16.5. The maximum Gasteiger partial charge on any atom is 0.348 e. The number of ether oxygens (including phenoxy) is 1. The Hall–Kier alpha value is -1.32. The molecule has 0 saturated carbocycles. The molecular formula is C12H20N2O2. The second kappa shape index (κ2) is 3.92. The zero-order chi connectivity index (χ0) is 12.6. The van der Waals surface area contributed by atoms with Crippen molar-refractivity contribution in [3.05, 3.63) is 22.2 Å². The molecule has 0 saturated heterocycles. The van der Waals surface area contributed by atoms with Crippen molar-refractivity contribution in [2.45, 2.75) is 52.6 Å². The number of hydrogen-bond acceptors (Lipinski definition) is 3. The molecule has 0 unspecified atom stereocenters. The Kier molecular flexibility index (Phi) is 3.13. The Morgan fingerprint density at radius 3 is 2.19 bits per heavy atom. The van der Waals surface area contributed by atoms with E-state index >= 15 is 0 Å². The summed E-state index contributed by atoms with van der Waals surface area (Å²) in [6.45, 7) is 11.9. The minimum absolute atomic E-state index is 0.127. The van der Waals surface area contributed by atoms with Crippen LogP contribution in [0.15, 0.2) is 10.9 Å². The average Bonchev–Trinajstić information content (AvgIpc) is 1.97. The van der Waals surface area contributed by atoms with E-state index in [9.17, 15) is 4.79 Å². The van der Waals surface area contributed by atoms with Crippen LogP contribution < -0.4 is 10.4 Å². The van der Waals surface area contributed by atoms with E-state index in [1.54, 1.807) is 6.07 Å². The van der Waals surface area contributed by atoms with Crippen LogP contribution >= 0.6 is 0 Å². The van der Waals surface area contributed by atoms with Crippen LogP contribution in [0.1, 0.15) is 47.2 Å². The van der Waals surface area contributed by atoms with Crippen LogP contribution in [0.5, 0.6) is 5.88 Å². The minimum atomic E-state index is -0.369. The van der Waals surface area contributed by atoms with Crippen LogP contribution in [0.2, 0.25) is 0 Å². The number of rotatable bonds is 1. The first-order valence-corrected chi connectivity index (χ1v) is 5.39. The first-order valence-electron chi connectivity index (χ1n) is 5.39. The highest BCUT2D eigenvalue weighted by molar-refractivity contribution is 5.20. The van der Waals surface area contributed by atoms with Crippen LogP contribution in [0.4, 0.5) is 0 Å². The van der Waals surface area contributed by atoms with Gasteiger partial charge in [0, 0.05) is 17.2 Å². The second-order valence-electron chi connectivity index (χ2n) is 5.90. The molecule has 0 radical (unpaired) electrons. The number of aromatic amines is 1. The molecule has 1 aromatic heterocycles. The van der Waals surface area contributed by atoms with Crippen LogP contribution in [0, 0.1) is 0 Å². The Labute approximate surface area is 96.1 Å². The fourth-order valence-corrected chi connectivity index (χ4v) is 1.21. The first-order chi connectivity index (χ1) is 7.08. The van der Waals surface area contributed by atoms with E-state index in [1.807, 2.05) is 41.5 Å². The lowest BCUT2D eigenvalue weighted by molar-refractivity contribution is 0.123. The van der Waals surface area contributed by atoms with Gasteiger partial charge in [-0.1, -0.05) is 20.8 Å². The fourth-order valence-electron chi connectivity index (χ4n) is 1.21. The summed E-state index contributed by atoms with van der Waals surface area (Å²) >= 11 is 0. The van der Waals surface area contributed by atoms with Gasteiger partial charge in [-0.3, -0.25) is 0 Å². The summed E-state index contributed by atoms with van der Waals surface area (Å²) in [4.78, 5) is 17.9. The molecular weight excluding hydrogens is 204 g/mol. The van der Waals surface area contributed by atoms with E-state index in [1.165, 1.54) is 0 Å². The maximum atomic E-state index is 11.4. The van der Waals surface area contributed by atoms with Gasteiger partial charge in [0.1, 0.15) is 5.60 Å². The molecule has 0 aliphatic rings. The normalized spacial score (nSPS) is 12.6. The van der Waals surface area contributed by atoms with Gasteiger partial charge in [0.2, 0.25) is 5.88 Å². The van der Waals surface area contributed by atoms with Gasteiger partial charge >= 0.3 is 5.69 Å². The van der Waals surface area contributed by atoms with Crippen LogP contribution in [-0.4, -0.2) is 15.6 Å². The van der Waals surface area contributed by atoms with Crippen molar-refractivity contribution in [2.24, 2.45) is 0 Å². The average molecular weight is 224 g/mol. The van der Waals surface area contributed by atoms with Gasteiger partial charge < -0.3 is 9.72 Å². The molecule has 16 heavy (non-hydrogen) atoms. The van der Waals surface area contributed by atoms with Gasteiger partial charge in [-0.25, -0.2) is 4.79 Å². The molecule has 0 aliphatic carbocycles. The lowest BCUT2D eigenvalue weighted by Gasteiger charge is -2.22. The van der Waals surface area contributed by atoms with Crippen molar-refractivity contribution in [1.82, 2.24) is 9.97 Å². The molecule has 0 spiro atoms. The molecule has 0 bridgehead atoms. The Bertz CT molecular complexity index is 422. The van der Waals surface area contributed by atoms with Crippen molar-refractivity contribution in [3.63, 3.8) is 0 Å². The molecule has 1 N–H and O–H groups in total. The second-order valence-corrected chi connectivity index (χ2v) is 5.90. The number of hydrogen-bond donors (Lipinski definition) is 1. The van der Waals surface area contributed by atoms with Crippen molar-refractivity contribution >= 4 is 0 Å². The molecule has 1 aromatic rings. The molecule has 0 amide bonds. The SMILES string of the molecule is CC(C)(C)Oc1cc(C(C)(C)C)[nH]c(=O)n1. The minimum Gasteiger partial charge on any atom is -0.472 e. The maximum absolute atomic E-state index is 11.4. The number of nitrogens with one attached hydrogen (secondary N) is 1. The van der Waals surface area contributed by atoms with Crippen molar-refractivity contribution in [3.8, 4) is 5.88 Å². The molecule has 0 fully saturated rings. The van der Waals surface area contributed by atoms with E-state index < -0.39 is 0 Å². The molecule has 90 valence electrons. The summed E-state index contributed by atoms with van der Waals surface area (Å²) in [5.41, 5.74) is -0.0213. The monoisotopic (exact) mass is 224 g/mol. The third-order valence-electron chi connectivity index (χ3n) is 1.94. The summed E-state index contributed by atoms with van der Waals surface area (Å²) in [5.74, 6) is 0.376. The zero-order valence-corrected chi connectivity index (χ0v) is 10.8. The van der Waals surface area contributed by atoms with Gasteiger partial charge in [-0.15, -0.1) is 0 Å². The van der Waals surface area contributed by atoms with E-state index in [2.05, 4.69) is 9.97 Å². The van der Waals surface area contributed by atoms with Gasteiger partial charge in [-0.05, 0) is 20.8 Å².